The molecule has 5 N–H and O–H groups in total. The summed E-state index contributed by atoms with van der Waals surface area (Å²) in [5.41, 5.74) is 4.73. The summed E-state index contributed by atoms with van der Waals surface area (Å²) in [4.78, 5) is 20.0. The third kappa shape index (κ3) is 6.59. The second-order valence-electron chi connectivity index (χ2n) is 2.01. The van der Waals surface area contributed by atoms with E-state index in [1.165, 1.54) is 0 Å². The fourth-order valence-corrected chi connectivity index (χ4v) is 0.510. The summed E-state index contributed by atoms with van der Waals surface area (Å²) in [6, 6.07) is 0. The molecule has 0 aliphatic heterocycles. The molecule has 0 aromatic carbocycles. The molecule has 1 unspecified atom stereocenters. The quantitative estimate of drug-likeness (QED) is 0.402. The van der Waals surface area contributed by atoms with Gasteiger partial charge in [-0.05, 0) is 0 Å². The van der Waals surface area contributed by atoms with Crippen molar-refractivity contribution in [3.05, 3.63) is 0 Å². The molecule has 0 rings (SSSR count). The second kappa shape index (κ2) is 4.51. The minimum absolute atomic E-state index is 0.182. The van der Waals surface area contributed by atoms with E-state index >= 15 is 0 Å². The van der Waals surface area contributed by atoms with Crippen molar-refractivity contribution in [1.82, 2.24) is 5.32 Å². The van der Waals surface area contributed by atoms with Gasteiger partial charge in [-0.15, -0.1) is 0 Å². The third-order valence-corrected chi connectivity index (χ3v) is 0.926. The number of nitrogens with two attached hydrogens (primary N) is 1. The van der Waals surface area contributed by atoms with Gasteiger partial charge >= 0.3 is 6.09 Å². The summed E-state index contributed by atoms with van der Waals surface area (Å²) in [6.07, 6.45) is -2.52. The van der Waals surface area contributed by atoms with Crippen LogP contribution in [0, 0.1) is 0 Å². The predicted molar refractivity (Wildman–Crippen MR) is 35.8 cm³/mol. The number of rotatable bonds is 4. The van der Waals surface area contributed by atoms with Crippen LogP contribution in [0.15, 0.2) is 0 Å². The van der Waals surface area contributed by atoms with Crippen LogP contribution in [0.1, 0.15) is 6.42 Å². The highest BCUT2D eigenvalue weighted by Gasteiger charge is 2.08. The standard InChI is InChI=1S/C5H10N2O4/c6-4(9)1-3(8)2-7-5(10)11/h3,7-8H,1-2H2,(H2,6,9)(H,10,11). The van der Waals surface area contributed by atoms with Crippen molar-refractivity contribution in [3.63, 3.8) is 0 Å². The first-order chi connectivity index (χ1) is 5.02. The Morgan fingerprint density at radius 3 is 2.45 bits per heavy atom. The lowest BCUT2D eigenvalue weighted by atomic mass is 10.2. The number of carbonyl (C=O) groups is 2. The van der Waals surface area contributed by atoms with Crippen molar-refractivity contribution >= 4 is 12.0 Å². The highest BCUT2D eigenvalue weighted by atomic mass is 16.4. The van der Waals surface area contributed by atoms with Crippen molar-refractivity contribution < 1.29 is 19.8 Å². The van der Waals surface area contributed by atoms with E-state index in [0.29, 0.717) is 0 Å². The monoisotopic (exact) mass is 162 g/mol. The van der Waals surface area contributed by atoms with Gasteiger partial charge in [-0.1, -0.05) is 0 Å². The topological polar surface area (TPSA) is 113 Å². The van der Waals surface area contributed by atoms with Crippen molar-refractivity contribution in [3.8, 4) is 0 Å². The summed E-state index contributed by atoms with van der Waals surface area (Å²) in [5, 5.41) is 18.8. The zero-order chi connectivity index (χ0) is 8.85. The second-order valence-corrected chi connectivity index (χ2v) is 2.01. The molecule has 11 heavy (non-hydrogen) atoms. The van der Waals surface area contributed by atoms with Gasteiger partial charge in [0, 0.05) is 6.54 Å². The molecular weight excluding hydrogens is 152 g/mol. The Bertz CT molecular complexity index is 159. The molecule has 0 aromatic rings. The zero-order valence-corrected chi connectivity index (χ0v) is 5.78. The molecule has 0 spiro atoms. The van der Waals surface area contributed by atoms with E-state index in [1.54, 1.807) is 0 Å². The lowest BCUT2D eigenvalue weighted by molar-refractivity contribution is -0.119. The Kier molecular flexibility index (Phi) is 3.97. The van der Waals surface area contributed by atoms with Crippen LogP contribution in [0.5, 0.6) is 0 Å². The summed E-state index contributed by atoms with van der Waals surface area (Å²) in [6.45, 7) is -0.182. The van der Waals surface area contributed by atoms with E-state index in [9.17, 15) is 9.59 Å². The molecule has 0 aromatic heterocycles. The van der Waals surface area contributed by atoms with E-state index in [2.05, 4.69) is 0 Å². The van der Waals surface area contributed by atoms with Crippen molar-refractivity contribution in [2.24, 2.45) is 5.73 Å². The first-order valence-electron chi connectivity index (χ1n) is 2.95. The van der Waals surface area contributed by atoms with E-state index in [0.717, 1.165) is 0 Å². The van der Waals surface area contributed by atoms with Crippen molar-refractivity contribution in [2.75, 3.05) is 6.54 Å². The van der Waals surface area contributed by atoms with Gasteiger partial charge in [0.15, 0.2) is 0 Å². The van der Waals surface area contributed by atoms with Crippen LogP contribution < -0.4 is 11.1 Å². The first kappa shape index (κ1) is 9.70. The van der Waals surface area contributed by atoms with Gasteiger partial charge in [-0.2, -0.15) is 0 Å². The molecule has 0 bridgehead atoms. The number of nitrogens with one attached hydrogen (secondary N) is 1. The molecule has 0 saturated carbocycles. The van der Waals surface area contributed by atoms with Crippen molar-refractivity contribution in [2.45, 2.75) is 12.5 Å². The number of carbonyl (C=O) groups excluding carboxylic acids is 1. The van der Waals surface area contributed by atoms with Crippen LogP contribution in [-0.2, 0) is 4.79 Å². The Labute approximate surface area is 63.0 Å². The molecule has 0 saturated heterocycles. The molecule has 0 fully saturated rings. The van der Waals surface area contributed by atoms with E-state index < -0.39 is 18.1 Å². The summed E-state index contributed by atoms with van der Waals surface area (Å²) in [5.74, 6) is -0.662. The van der Waals surface area contributed by atoms with Crippen LogP contribution in [-0.4, -0.2) is 34.9 Å². The Morgan fingerprint density at radius 1 is 1.55 bits per heavy atom. The van der Waals surface area contributed by atoms with Crippen LogP contribution in [0.25, 0.3) is 0 Å². The number of primary amides is 1. The van der Waals surface area contributed by atoms with Gasteiger partial charge in [0.2, 0.25) is 5.91 Å². The third-order valence-electron chi connectivity index (χ3n) is 0.926. The lowest BCUT2D eigenvalue weighted by Gasteiger charge is -2.06. The number of hydrogen-bond acceptors (Lipinski definition) is 3. The van der Waals surface area contributed by atoms with Crippen LogP contribution >= 0.6 is 0 Å². The highest BCUT2D eigenvalue weighted by molar-refractivity contribution is 5.74. The fourth-order valence-electron chi connectivity index (χ4n) is 0.510. The van der Waals surface area contributed by atoms with Crippen LogP contribution in [0.4, 0.5) is 4.79 Å². The Morgan fingerprint density at radius 2 is 2.09 bits per heavy atom. The maximum Gasteiger partial charge on any atom is 0.404 e. The first-order valence-corrected chi connectivity index (χ1v) is 2.95. The highest BCUT2D eigenvalue weighted by Crippen LogP contribution is 1.86. The molecule has 64 valence electrons. The minimum Gasteiger partial charge on any atom is -0.465 e. The summed E-state index contributed by atoms with van der Waals surface area (Å²) >= 11 is 0. The Balaban J connectivity index is 3.44. The predicted octanol–water partition coefficient (Wildman–Crippen LogP) is -1.51. The summed E-state index contributed by atoms with van der Waals surface area (Å²) in [7, 11) is 0. The van der Waals surface area contributed by atoms with Gasteiger partial charge in [0.25, 0.3) is 0 Å². The maximum atomic E-state index is 10.1. The molecule has 0 heterocycles. The minimum atomic E-state index is -1.24. The molecule has 6 nitrogen and oxygen atoms in total. The smallest absolute Gasteiger partial charge is 0.404 e. The largest absolute Gasteiger partial charge is 0.465 e. The number of amides is 2. The fraction of sp³-hybridized carbons (Fsp3) is 0.600. The lowest BCUT2D eigenvalue weighted by Crippen LogP contribution is -2.33. The molecule has 6 heteroatoms. The Hall–Kier alpha value is -1.30. The van der Waals surface area contributed by atoms with Gasteiger partial charge in [0.1, 0.15) is 0 Å². The van der Waals surface area contributed by atoms with E-state index in [4.69, 9.17) is 15.9 Å². The average molecular weight is 162 g/mol. The number of aliphatic hydroxyl groups excluding tert-OH is 1. The SMILES string of the molecule is NC(=O)CC(O)CNC(=O)O. The average Bonchev–Trinajstić information content (AvgIpc) is 1.82. The number of aliphatic hydroxyl groups is 1. The molecule has 0 aliphatic rings. The van der Waals surface area contributed by atoms with Gasteiger partial charge in [0.05, 0.1) is 12.5 Å². The number of hydrogen-bond donors (Lipinski definition) is 4. The molecule has 1 atom stereocenters. The normalized spacial score (nSPS) is 12.1. The van der Waals surface area contributed by atoms with Gasteiger partial charge in [-0.25, -0.2) is 4.79 Å². The summed E-state index contributed by atoms with van der Waals surface area (Å²) < 4.78 is 0. The van der Waals surface area contributed by atoms with Crippen molar-refractivity contribution in [1.29, 1.82) is 0 Å². The van der Waals surface area contributed by atoms with E-state index in [1.807, 2.05) is 5.32 Å². The molecule has 0 radical (unpaired) electrons. The molecule has 2 amide bonds. The number of carboxylic acid groups (broad SMARTS) is 1. The maximum absolute atomic E-state index is 10.1. The van der Waals surface area contributed by atoms with Gasteiger partial charge in [-0.3, -0.25) is 4.79 Å². The van der Waals surface area contributed by atoms with Gasteiger partial charge < -0.3 is 21.3 Å². The van der Waals surface area contributed by atoms with Crippen LogP contribution in [0.3, 0.4) is 0 Å². The zero-order valence-electron chi connectivity index (χ0n) is 5.78. The van der Waals surface area contributed by atoms with Crippen LogP contribution in [0.2, 0.25) is 0 Å². The van der Waals surface area contributed by atoms with E-state index in [-0.39, 0.29) is 13.0 Å². The molecule has 0 aliphatic carbocycles. The molecular formula is C5H10N2O4.